The minimum atomic E-state index is 0. The van der Waals surface area contributed by atoms with Gasteiger partial charge in [-0.05, 0) is 76.6 Å². The minimum absolute atomic E-state index is 0. The topological polar surface area (TPSA) is 56.9 Å². The summed E-state index contributed by atoms with van der Waals surface area (Å²) in [5.41, 5.74) is 9.46. The first-order valence-electron chi connectivity index (χ1n) is 8.59. The predicted molar refractivity (Wildman–Crippen MR) is 115 cm³/mol. The molecule has 1 saturated heterocycles. The number of nitrogens with two attached hydrogens (primary N) is 1. The fourth-order valence-electron chi connectivity index (χ4n) is 3.05. The minimum Gasteiger partial charge on any atom is -0.370 e. The van der Waals surface area contributed by atoms with Crippen molar-refractivity contribution in [2.75, 3.05) is 51.6 Å². The van der Waals surface area contributed by atoms with Crippen LogP contribution in [0.1, 0.15) is 24.0 Å². The molecule has 1 aliphatic heterocycles. The molecule has 3 N–H and O–H groups in total. The van der Waals surface area contributed by atoms with E-state index in [1.807, 2.05) is 0 Å². The molecule has 1 aliphatic rings. The number of likely N-dealkylation sites (N-methyl/N-ethyl adjacent to an activating group) is 1. The summed E-state index contributed by atoms with van der Waals surface area (Å²) in [5.74, 6) is 0.505. The second-order valence-corrected chi connectivity index (χ2v) is 6.62. The molecule has 0 aromatic heterocycles. The van der Waals surface area contributed by atoms with Crippen LogP contribution in [0, 0.1) is 13.8 Å². The van der Waals surface area contributed by atoms with E-state index in [1.165, 1.54) is 37.2 Å². The van der Waals surface area contributed by atoms with Crippen LogP contribution in [-0.4, -0.2) is 62.1 Å². The van der Waals surface area contributed by atoms with Crippen molar-refractivity contribution in [1.29, 1.82) is 0 Å². The molecule has 0 aliphatic carbocycles. The molecule has 0 atom stereocenters. The van der Waals surface area contributed by atoms with Crippen LogP contribution in [0.3, 0.4) is 0 Å². The van der Waals surface area contributed by atoms with E-state index >= 15 is 0 Å². The Hall–Kier alpha value is -0.860. The smallest absolute Gasteiger partial charge is 0.193 e. The van der Waals surface area contributed by atoms with Gasteiger partial charge in [-0.3, -0.25) is 4.99 Å². The van der Waals surface area contributed by atoms with E-state index in [1.54, 1.807) is 0 Å². The monoisotopic (exact) mass is 445 g/mol. The number of aryl methyl sites for hydroxylation is 2. The number of anilines is 1. The highest BCUT2D eigenvalue weighted by Gasteiger charge is 2.10. The van der Waals surface area contributed by atoms with Crippen molar-refractivity contribution in [1.82, 2.24) is 9.80 Å². The molecule has 1 heterocycles. The van der Waals surface area contributed by atoms with Crippen molar-refractivity contribution in [2.24, 2.45) is 10.7 Å². The molecule has 1 aromatic rings. The molecule has 0 radical (unpaired) electrons. The van der Waals surface area contributed by atoms with E-state index in [4.69, 9.17) is 5.73 Å². The zero-order valence-electron chi connectivity index (χ0n) is 15.2. The van der Waals surface area contributed by atoms with Crippen LogP contribution in [0.4, 0.5) is 5.69 Å². The molecule has 6 heteroatoms. The Morgan fingerprint density at radius 3 is 2.54 bits per heavy atom. The Morgan fingerprint density at radius 1 is 1.12 bits per heavy atom. The molecule has 0 bridgehead atoms. The molecule has 0 amide bonds. The maximum absolute atomic E-state index is 5.99. The van der Waals surface area contributed by atoms with Gasteiger partial charge in [0.1, 0.15) is 0 Å². The van der Waals surface area contributed by atoms with E-state index < -0.39 is 0 Å². The van der Waals surface area contributed by atoms with Gasteiger partial charge in [0, 0.05) is 25.3 Å². The third kappa shape index (κ3) is 7.81. The molecule has 24 heavy (non-hydrogen) atoms. The molecule has 0 spiro atoms. The van der Waals surface area contributed by atoms with Crippen LogP contribution in [0.5, 0.6) is 0 Å². The third-order valence-corrected chi connectivity index (χ3v) is 4.22. The highest BCUT2D eigenvalue weighted by molar-refractivity contribution is 14.0. The van der Waals surface area contributed by atoms with E-state index in [2.05, 4.69) is 59.2 Å². The SMILES string of the molecule is Cc1cc(C)cc(NC(N)=NCCCN2CCCN(C)CC2)c1.I. The lowest BCUT2D eigenvalue weighted by Gasteiger charge is -2.19. The first kappa shape index (κ1) is 21.2. The Balaban J connectivity index is 0.00000288. The standard InChI is InChI=1S/C18H31N5.HI/c1-15-12-16(2)14-17(13-15)21-18(19)20-6-4-8-23-9-5-7-22(3)10-11-23;/h12-14H,4-11H2,1-3H3,(H3,19,20,21);1H. The van der Waals surface area contributed by atoms with Crippen molar-refractivity contribution in [3.05, 3.63) is 29.3 Å². The summed E-state index contributed by atoms with van der Waals surface area (Å²) >= 11 is 0. The lowest BCUT2D eigenvalue weighted by Crippen LogP contribution is -2.30. The van der Waals surface area contributed by atoms with Crippen LogP contribution < -0.4 is 11.1 Å². The number of nitrogens with zero attached hydrogens (tertiary/aromatic N) is 3. The molecular weight excluding hydrogens is 413 g/mol. The van der Waals surface area contributed by atoms with Gasteiger partial charge in [0.2, 0.25) is 0 Å². The zero-order valence-corrected chi connectivity index (χ0v) is 17.5. The first-order valence-corrected chi connectivity index (χ1v) is 8.59. The number of hydrogen-bond donors (Lipinski definition) is 2. The summed E-state index contributed by atoms with van der Waals surface area (Å²) < 4.78 is 0. The Bertz CT molecular complexity index is 512. The molecule has 2 rings (SSSR count). The highest BCUT2D eigenvalue weighted by Crippen LogP contribution is 2.13. The summed E-state index contributed by atoms with van der Waals surface area (Å²) in [6.45, 7) is 10.8. The van der Waals surface area contributed by atoms with Gasteiger partial charge in [-0.25, -0.2) is 0 Å². The molecule has 0 saturated carbocycles. The normalized spacial score (nSPS) is 17.2. The quantitative estimate of drug-likeness (QED) is 0.317. The Morgan fingerprint density at radius 2 is 1.83 bits per heavy atom. The molecule has 1 fully saturated rings. The second kappa shape index (κ2) is 10.9. The maximum atomic E-state index is 5.99. The number of nitrogens with one attached hydrogen (secondary N) is 1. The third-order valence-electron chi connectivity index (χ3n) is 4.22. The van der Waals surface area contributed by atoms with Crippen LogP contribution in [0.2, 0.25) is 0 Å². The summed E-state index contributed by atoms with van der Waals surface area (Å²) in [6.07, 6.45) is 2.31. The Kier molecular flexibility index (Phi) is 9.61. The second-order valence-electron chi connectivity index (χ2n) is 6.62. The fraction of sp³-hybridized carbons (Fsp3) is 0.611. The van der Waals surface area contributed by atoms with E-state index in [0.29, 0.717) is 5.96 Å². The van der Waals surface area contributed by atoms with Crippen molar-refractivity contribution < 1.29 is 0 Å². The highest BCUT2D eigenvalue weighted by atomic mass is 127. The largest absolute Gasteiger partial charge is 0.370 e. The fourth-order valence-corrected chi connectivity index (χ4v) is 3.05. The van der Waals surface area contributed by atoms with E-state index in [-0.39, 0.29) is 24.0 Å². The number of aliphatic imine (C=N–C) groups is 1. The zero-order chi connectivity index (χ0) is 16.7. The van der Waals surface area contributed by atoms with Gasteiger partial charge in [-0.2, -0.15) is 0 Å². The molecule has 1 aromatic carbocycles. The predicted octanol–water partition coefficient (Wildman–Crippen LogP) is 2.68. The maximum Gasteiger partial charge on any atom is 0.193 e. The van der Waals surface area contributed by atoms with Crippen molar-refractivity contribution in [3.63, 3.8) is 0 Å². The van der Waals surface area contributed by atoms with Gasteiger partial charge in [0.05, 0.1) is 0 Å². The summed E-state index contributed by atoms with van der Waals surface area (Å²) in [6, 6.07) is 6.32. The average Bonchev–Trinajstić information content (AvgIpc) is 2.67. The summed E-state index contributed by atoms with van der Waals surface area (Å²) in [7, 11) is 2.20. The molecular formula is C18H32IN5. The van der Waals surface area contributed by atoms with Crippen LogP contribution >= 0.6 is 24.0 Å². The van der Waals surface area contributed by atoms with Gasteiger partial charge in [-0.1, -0.05) is 6.07 Å². The summed E-state index contributed by atoms with van der Waals surface area (Å²) in [4.78, 5) is 9.39. The number of guanidine groups is 1. The van der Waals surface area contributed by atoms with Crippen molar-refractivity contribution in [2.45, 2.75) is 26.7 Å². The number of hydrogen-bond acceptors (Lipinski definition) is 3. The average molecular weight is 445 g/mol. The van der Waals surface area contributed by atoms with Crippen molar-refractivity contribution in [3.8, 4) is 0 Å². The van der Waals surface area contributed by atoms with Crippen LogP contribution in [0.25, 0.3) is 0 Å². The number of benzene rings is 1. The van der Waals surface area contributed by atoms with Gasteiger partial charge in [0.25, 0.3) is 0 Å². The number of halogens is 1. The van der Waals surface area contributed by atoms with E-state index in [9.17, 15) is 0 Å². The van der Waals surface area contributed by atoms with Gasteiger partial charge < -0.3 is 20.9 Å². The lowest BCUT2D eigenvalue weighted by molar-refractivity contribution is 0.275. The van der Waals surface area contributed by atoms with Gasteiger partial charge in [0.15, 0.2) is 5.96 Å². The van der Waals surface area contributed by atoms with Crippen LogP contribution in [-0.2, 0) is 0 Å². The van der Waals surface area contributed by atoms with Crippen LogP contribution in [0.15, 0.2) is 23.2 Å². The van der Waals surface area contributed by atoms with Gasteiger partial charge in [-0.15, -0.1) is 24.0 Å². The molecule has 136 valence electrons. The first-order chi connectivity index (χ1) is 11.0. The number of rotatable bonds is 5. The molecule has 5 nitrogen and oxygen atoms in total. The Labute approximate surface area is 163 Å². The lowest BCUT2D eigenvalue weighted by atomic mass is 10.1. The molecule has 0 unspecified atom stereocenters. The van der Waals surface area contributed by atoms with Crippen molar-refractivity contribution >= 4 is 35.6 Å². The van der Waals surface area contributed by atoms with Gasteiger partial charge >= 0.3 is 0 Å². The van der Waals surface area contributed by atoms with E-state index in [0.717, 1.165) is 31.7 Å². The summed E-state index contributed by atoms with van der Waals surface area (Å²) in [5, 5.41) is 3.19.